The second-order valence-electron chi connectivity index (χ2n) is 4.67. The molecular weight excluding hydrogens is 264 g/mol. The van der Waals surface area contributed by atoms with E-state index in [2.05, 4.69) is 4.98 Å². The van der Waals surface area contributed by atoms with E-state index in [4.69, 9.17) is 10.5 Å². The van der Waals surface area contributed by atoms with E-state index in [0.717, 1.165) is 22.4 Å². The van der Waals surface area contributed by atoms with Crippen molar-refractivity contribution in [2.75, 3.05) is 7.11 Å². The van der Waals surface area contributed by atoms with E-state index < -0.39 is 5.91 Å². The minimum absolute atomic E-state index is 0.433. The second kappa shape index (κ2) is 5.25. The molecule has 3 aromatic rings. The summed E-state index contributed by atoms with van der Waals surface area (Å²) in [5, 5.41) is 0.892. The average Bonchev–Trinajstić information content (AvgIpc) is 2.53. The summed E-state index contributed by atoms with van der Waals surface area (Å²) in [7, 11) is 1.63. The number of primary amides is 1. The van der Waals surface area contributed by atoms with Crippen molar-refractivity contribution in [2.24, 2.45) is 5.73 Å². The van der Waals surface area contributed by atoms with E-state index in [0.29, 0.717) is 11.1 Å². The number of fused-ring (bicyclic) bond motifs is 1. The zero-order valence-corrected chi connectivity index (χ0v) is 11.5. The van der Waals surface area contributed by atoms with Gasteiger partial charge in [0.25, 0.3) is 5.91 Å². The van der Waals surface area contributed by atoms with Crippen LogP contribution in [0.4, 0.5) is 0 Å². The molecule has 1 amide bonds. The average molecular weight is 278 g/mol. The molecule has 104 valence electrons. The Morgan fingerprint density at radius 3 is 2.48 bits per heavy atom. The van der Waals surface area contributed by atoms with Crippen molar-refractivity contribution in [3.05, 3.63) is 60.2 Å². The van der Waals surface area contributed by atoms with E-state index in [9.17, 15) is 4.79 Å². The van der Waals surface area contributed by atoms with Crippen LogP contribution in [0.2, 0.25) is 0 Å². The molecule has 0 unspecified atom stereocenters. The molecular formula is C17H14N2O2. The van der Waals surface area contributed by atoms with Crippen molar-refractivity contribution < 1.29 is 9.53 Å². The van der Waals surface area contributed by atoms with E-state index in [1.54, 1.807) is 19.2 Å². The van der Waals surface area contributed by atoms with Crippen LogP contribution in [0.15, 0.2) is 54.6 Å². The van der Waals surface area contributed by atoms with Crippen molar-refractivity contribution in [2.45, 2.75) is 0 Å². The number of hydrogen-bond acceptors (Lipinski definition) is 3. The lowest BCUT2D eigenvalue weighted by Crippen LogP contribution is -2.11. The van der Waals surface area contributed by atoms with Gasteiger partial charge in [0.15, 0.2) is 0 Å². The number of rotatable bonds is 3. The van der Waals surface area contributed by atoms with Gasteiger partial charge in [0, 0.05) is 10.9 Å². The van der Waals surface area contributed by atoms with Crippen LogP contribution in [-0.4, -0.2) is 18.0 Å². The Kier molecular flexibility index (Phi) is 3.28. The molecule has 1 heterocycles. The molecule has 21 heavy (non-hydrogen) atoms. The molecule has 0 saturated carbocycles. The molecule has 0 bridgehead atoms. The smallest absolute Gasteiger partial charge is 0.250 e. The first-order chi connectivity index (χ1) is 10.2. The predicted octanol–water partition coefficient (Wildman–Crippen LogP) is 3.01. The third-order valence-electron chi connectivity index (χ3n) is 3.37. The minimum Gasteiger partial charge on any atom is -0.497 e. The Morgan fingerprint density at radius 2 is 1.81 bits per heavy atom. The molecule has 0 aliphatic heterocycles. The molecule has 3 rings (SSSR count). The summed E-state index contributed by atoms with van der Waals surface area (Å²) in [5.74, 6) is 0.317. The standard InChI is InChI=1S/C17H14N2O2/c1-21-13-8-5-11(6-9-13)15-10-7-12-3-2-4-14(17(18)20)16(12)19-15/h2-10H,1H3,(H2,18,20). The van der Waals surface area contributed by atoms with Crippen LogP contribution in [-0.2, 0) is 0 Å². The second-order valence-corrected chi connectivity index (χ2v) is 4.67. The van der Waals surface area contributed by atoms with Gasteiger partial charge in [0.1, 0.15) is 5.75 Å². The van der Waals surface area contributed by atoms with E-state index in [-0.39, 0.29) is 0 Å². The van der Waals surface area contributed by atoms with Crippen molar-refractivity contribution in [3.8, 4) is 17.0 Å². The maximum atomic E-state index is 11.5. The molecule has 0 atom stereocenters. The van der Waals surface area contributed by atoms with E-state index in [1.807, 2.05) is 42.5 Å². The van der Waals surface area contributed by atoms with Crippen molar-refractivity contribution in [1.29, 1.82) is 0 Å². The summed E-state index contributed by atoms with van der Waals surface area (Å²) in [5.41, 5.74) is 8.21. The van der Waals surface area contributed by atoms with Crippen molar-refractivity contribution >= 4 is 16.8 Å². The number of benzene rings is 2. The first-order valence-electron chi connectivity index (χ1n) is 6.53. The molecule has 2 aromatic carbocycles. The van der Waals surface area contributed by atoms with Gasteiger partial charge in [-0.2, -0.15) is 0 Å². The molecule has 1 aromatic heterocycles. The monoisotopic (exact) mass is 278 g/mol. The van der Waals surface area contributed by atoms with Crippen LogP contribution in [0, 0.1) is 0 Å². The number of methoxy groups -OCH3 is 1. The Labute approximate surface area is 122 Å². The maximum absolute atomic E-state index is 11.5. The first-order valence-corrected chi connectivity index (χ1v) is 6.53. The molecule has 0 spiro atoms. The Bertz CT molecular complexity index is 811. The Morgan fingerprint density at radius 1 is 1.05 bits per heavy atom. The number of nitrogens with two attached hydrogens (primary N) is 1. The Hall–Kier alpha value is -2.88. The minimum atomic E-state index is -0.472. The number of carbonyl (C=O) groups excluding carboxylic acids is 1. The highest BCUT2D eigenvalue weighted by Gasteiger charge is 2.09. The lowest BCUT2D eigenvalue weighted by molar-refractivity contribution is 0.100. The summed E-state index contributed by atoms with van der Waals surface area (Å²) in [6.45, 7) is 0. The third kappa shape index (κ3) is 2.43. The number of hydrogen-bond donors (Lipinski definition) is 1. The summed E-state index contributed by atoms with van der Waals surface area (Å²) < 4.78 is 5.14. The number of pyridine rings is 1. The molecule has 0 aliphatic carbocycles. The fourth-order valence-corrected chi connectivity index (χ4v) is 2.27. The SMILES string of the molecule is COc1ccc(-c2ccc3cccc(C(N)=O)c3n2)cc1. The lowest BCUT2D eigenvalue weighted by atomic mass is 10.1. The topological polar surface area (TPSA) is 65.2 Å². The number of amides is 1. The maximum Gasteiger partial charge on any atom is 0.250 e. The highest BCUT2D eigenvalue weighted by atomic mass is 16.5. The number of ether oxygens (including phenoxy) is 1. The summed E-state index contributed by atoms with van der Waals surface area (Å²) in [6, 6.07) is 16.9. The molecule has 0 saturated heterocycles. The number of aromatic nitrogens is 1. The molecule has 0 radical (unpaired) electrons. The number of nitrogens with zero attached hydrogens (tertiary/aromatic N) is 1. The largest absolute Gasteiger partial charge is 0.497 e. The summed E-state index contributed by atoms with van der Waals surface area (Å²) in [6.07, 6.45) is 0. The molecule has 4 heteroatoms. The number of carbonyl (C=O) groups is 1. The van der Waals surface area contributed by atoms with Gasteiger partial charge in [-0.3, -0.25) is 4.79 Å². The first kappa shape index (κ1) is 13.1. The molecule has 2 N–H and O–H groups in total. The van der Waals surface area contributed by atoms with Gasteiger partial charge in [0.05, 0.1) is 23.9 Å². The summed E-state index contributed by atoms with van der Waals surface area (Å²) >= 11 is 0. The van der Waals surface area contributed by atoms with E-state index in [1.165, 1.54) is 0 Å². The fourth-order valence-electron chi connectivity index (χ4n) is 2.27. The zero-order valence-electron chi connectivity index (χ0n) is 11.5. The van der Waals surface area contributed by atoms with Gasteiger partial charge in [-0.05, 0) is 36.4 Å². The summed E-state index contributed by atoms with van der Waals surface area (Å²) in [4.78, 5) is 16.1. The lowest BCUT2D eigenvalue weighted by Gasteiger charge is -2.07. The highest BCUT2D eigenvalue weighted by Crippen LogP contribution is 2.24. The van der Waals surface area contributed by atoms with Gasteiger partial charge >= 0.3 is 0 Å². The van der Waals surface area contributed by atoms with E-state index >= 15 is 0 Å². The molecule has 0 fully saturated rings. The zero-order chi connectivity index (χ0) is 14.8. The van der Waals surface area contributed by atoms with Crippen LogP contribution in [0.5, 0.6) is 5.75 Å². The van der Waals surface area contributed by atoms with Gasteiger partial charge in [-0.1, -0.05) is 18.2 Å². The van der Waals surface area contributed by atoms with Gasteiger partial charge in [-0.25, -0.2) is 4.98 Å². The highest BCUT2D eigenvalue weighted by molar-refractivity contribution is 6.05. The van der Waals surface area contributed by atoms with Crippen molar-refractivity contribution in [1.82, 2.24) is 4.98 Å². The van der Waals surface area contributed by atoms with Gasteiger partial charge < -0.3 is 10.5 Å². The van der Waals surface area contributed by atoms with Crippen LogP contribution in [0.25, 0.3) is 22.2 Å². The molecule has 0 aliphatic rings. The third-order valence-corrected chi connectivity index (χ3v) is 3.37. The van der Waals surface area contributed by atoms with Crippen LogP contribution < -0.4 is 10.5 Å². The van der Waals surface area contributed by atoms with Crippen LogP contribution in [0.3, 0.4) is 0 Å². The quantitative estimate of drug-likeness (QED) is 0.801. The Balaban J connectivity index is 2.15. The van der Waals surface area contributed by atoms with Crippen LogP contribution >= 0.6 is 0 Å². The predicted molar refractivity (Wildman–Crippen MR) is 82.2 cm³/mol. The van der Waals surface area contributed by atoms with Crippen LogP contribution in [0.1, 0.15) is 10.4 Å². The van der Waals surface area contributed by atoms with Gasteiger partial charge in [-0.15, -0.1) is 0 Å². The fraction of sp³-hybridized carbons (Fsp3) is 0.0588. The number of para-hydroxylation sites is 1. The normalized spacial score (nSPS) is 10.5. The van der Waals surface area contributed by atoms with Crippen molar-refractivity contribution in [3.63, 3.8) is 0 Å². The molecule has 4 nitrogen and oxygen atoms in total. The van der Waals surface area contributed by atoms with Gasteiger partial charge in [0.2, 0.25) is 0 Å².